The quantitative estimate of drug-likeness (QED) is 0.311. The highest BCUT2D eigenvalue weighted by Crippen LogP contribution is 2.31. The van der Waals surface area contributed by atoms with Crippen LogP contribution in [-0.2, 0) is 17.6 Å². The first-order valence-electron chi connectivity index (χ1n) is 9.71. The van der Waals surface area contributed by atoms with Crippen LogP contribution in [0.2, 0.25) is 5.02 Å². The maximum absolute atomic E-state index is 13.0. The van der Waals surface area contributed by atoms with Gasteiger partial charge in [-0.1, -0.05) is 74.0 Å². The van der Waals surface area contributed by atoms with E-state index >= 15 is 0 Å². The van der Waals surface area contributed by atoms with Gasteiger partial charge >= 0.3 is 5.97 Å². The van der Waals surface area contributed by atoms with Crippen LogP contribution in [0.4, 0.5) is 0 Å². The zero-order chi connectivity index (χ0) is 20.8. The van der Waals surface area contributed by atoms with Gasteiger partial charge in [0.05, 0.1) is 5.92 Å². The third kappa shape index (κ3) is 5.39. The van der Waals surface area contributed by atoms with Gasteiger partial charge in [-0.3, -0.25) is 4.79 Å². The van der Waals surface area contributed by atoms with Crippen molar-refractivity contribution < 1.29 is 13.9 Å². The van der Waals surface area contributed by atoms with Crippen molar-refractivity contribution >= 4 is 17.6 Å². The summed E-state index contributed by atoms with van der Waals surface area (Å²) in [6, 6.07) is 19.2. The summed E-state index contributed by atoms with van der Waals surface area (Å²) in [5.74, 6) is 1.19. The molecule has 3 nitrogen and oxygen atoms in total. The molecule has 0 amide bonds. The van der Waals surface area contributed by atoms with E-state index in [2.05, 4.69) is 6.58 Å². The summed E-state index contributed by atoms with van der Waals surface area (Å²) < 4.78 is 11.8. The summed E-state index contributed by atoms with van der Waals surface area (Å²) in [6.07, 6.45) is 2.86. The Kier molecular flexibility index (Phi) is 6.95. The van der Waals surface area contributed by atoms with Gasteiger partial charge in [-0.15, -0.1) is 6.58 Å². The fourth-order valence-electron chi connectivity index (χ4n) is 3.34. The maximum Gasteiger partial charge on any atom is 0.319 e. The first kappa shape index (κ1) is 20.9. The van der Waals surface area contributed by atoms with Crippen LogP contribution in [0, 0.1) is 5.92 Å². The first-order chi connectivity index (χ1) is 14.0. The highest BCUT2D eigenvalue weighted by molar-refractivity contribution is 6.30. The minimum Gasteiger partial charge on any atom is -0.461 e. The highest BCUT2D eigenvalue weighted by atomic mass is 35.5. The SMILES string of the molecule is C=CCc1oc(Cc2ccccc2)cc1OC(=O)C(c1ccc(Cl)cc1)C(C)C. The summed E-state index contributed by atoms with van der Waals surface area (Å²) in [5, 5.41) is 0.637. The lowest BCUT2D eigenvalue weighted by Gasteiger charge is -2.19. The molecule has 0 N–H and O–H groups in total. The molecule has 0 saturated heterocycles. The maximum atomic E-state index is 13.0. The van der Waals surface area contributed by atoms with Gasteiger partial charge in [0.25, 0.3) is 0 Å². The second kappa shape index (κ2) is 9.62. The average Bonchev–Trinajstić information content (AvgIpc) is 3.05. The molecule has 1 aromatic heterocycles. The monoisotopic (exact) mass is 408 g/mol. The number of hydrogen-bond acceptors (Lipinski definition) is 3. The summed E-state index contributed by atoms with van der Waals surface area (Å²) in [7, 11) is 0. The lowest BCUT2D eigenvalue weighted by Crippen LogP contribution is -2.23. The van der Waals surface area contributed by atoms with E-state index < -0.39 is 5.92 Å². The second-order valence-corrected chi connectivity index (χ2v) is 7.79. The number of halogens is 1. The lowest BCUT2D eigenvalue weighted by atomic mass is 9.88. The Bertz CT molecular complexity index is 955. The second-order valence-electron chi connectivity index (χ2n) is 7.35. The summed E-state index contributed by atoms with van der Waals surface area (Å²) in [4.78, 5) is 13.0. The van der Waals surface area contributed by atoms with Crippen LogP contribution >= 0.6 is 11.6 Å². The van der Waals surface area contributed by atoms with Gasteiger partial charge in [0.2, 0.25) is 0 Å². The smallest absolute Gasteiger partial charge is 0.319 e. The number of ether oxygens (including phenoxy) is 1. The number of rotatable bonds is 8. The zero-order valence-electron chi connectivity index (χ0n) is 16.7. The van der Waals surface area contributed by atoms with Gasteiger partial charge in [0.15, 0.2) is 11.5 Å². The molecule has 0 aliphatic heterocycles. The number of furan rings is 1. The predicted octanol–water partition coefficient (Wildman–Crippen LogP) is 6.60. The molecule has 1 unspecified atom stereocenters. The van der Waals surface area contributed by atoms with E-state index in [1.165, 1.54) is 0 Å². The Morgan fingerprint density at radius 3 is 2.45 bits per heavy atom. The molecule has 3 aromatic rings. The highest BCUT2D eigenvalue weighted by Gasteiger charge is 2.28. The molecular formula is C25H25ClO3. The van der Waals surface area contributed by atoms with Crippen molar-refractivity contribution in [3.63, 3.8) is 0 Å². The Morgan fingerprint density at radius 1 is 1.14 bits per heavy atom. The van der Waals surface area contributed by atoms with Gasteiger partial charge in [-0.2, -0.15) is 0 Å². The third-order valence-electron chi connectivity index (χ3n) is 4.73. The van der Waals surface area contributed by atoms with E-state index in [4.69, 9.17) is 20.8 Å². The summed E-state index contributed by atoms with van der Waals surface area (Å²) >= 11 is 5.99. The average molecular weight is 409 g/mol. The number of allylic oxidation sites excluding steroid dienone is 1. The topological polar surface area (TPSA) is 39.4 Å². The van der Waals surface area contributed by atoms with Crippen LogP contribution in [0.25, 0.3) is 0 Å². The van der Waals surface area contributed by atoms with Gasteiger partial charge in [0, 0.05) is 23.9 Å². The Morgan fingerprint density at radius 2 is 1.83 bits per heavy atom. The van der Waals surface area contributed by atoms with Crippen molar-refractivity contribution in [3.05, 3.63) is 101 Å². The Hall–Kier alpha value is -2.78. The van der Waals surface area contributed by atoms with Crippen molar-refractivity contribution in [2.24, 2.45) is 5.92 Å². The van der Waals surface area contributed by atoms with Crippen LogP contribution in [0.15, 0.2) is 77.7 Å². The van der Waals surface area contributed by atoms with E-state index in [1.54, 1.807) is 18.2 Å². The Labute approximate surface area is 177 Å². The van der Waals surface area contributed by atoms with Crippen LogP contribution in [0.1, 0.15) is 42.4 Å². The molecule has 0 bridgehead atoms. The number of carbonyl (C=O) groups excluding carboxylic acids is 1. The number of benzene rings is 2. The minimum atomic E-state index is -0.392. The van der Waals surface area contributed by atoms with Crippen molar-refractivity contribution in [1.82, 2.24) is 0 Å². The molecule has 0 radical (unpaired) electrons. The molecule has 29 heavy (non-hydrogen) atoms. The van der Waals surface area contributed by atoms with E-state index in [1.807, 2.05) is 62.4 Å². The van der Waals surface area contributed by atoms with E-state index in [9.17, 15) is 4.79 Å². The first-order valence-corrected chi connectivity index (χ1v) is 10.1. The van der Waals surface area contributed by atoms with Crippen LogP contribution in [0.5, 0.6) is 5.75 Å². The fourth-order valence-corrected chi connectivity index (χ4v) is 3.47. The standard InChI is InChI=1S/C25H25ClO3/c1-4-8-22-23(16-21(28-22)15-18-9-6-5-7-10-18)29-25(27)24(17(2)3)19-11-13-20(26)14-12-19/h4-7,9-14,16-17,24H,1,8,15H2,2-3H3. The van der Waals surface area contributed by atoms with E-state index in [0.717, 1.165) is 16.9 Å². The van der Waals surface area contributed by atoms with Crippen LogP contribution in [-0.4, -0.2) is 5.97 Å². The molecule has 0 fully saturated rings. The largest absolute Gasteiger partial charge is 0.461 e. The lowest BCUT2D eigenvalue weighted by molar-refractivity contribution is -0.137. The molecule has 0 aliphatic carbocycles. The zero-order valence-corrected chi connectivity index (χ0v) is 17.5. The van der Waals surface area contributed by atoms with Gasteiger partial charge in [-0.25, -0.2) is 0 Å². The molecule has 0 aliphatic rings. The van der Waals surface area contributed by atoms with Gasteiger partial charge < -0.3 is 9.15 Å². The molecule has 0 spiro atoms. The molecule has 4 heteroatoms. The minimum absolute atomic E-state index is 0.0715. The van der Waals surface area contributed by atoms with Crippen LogP contribution < -0.4 is 4.74 Å². The molecule has 3 rings (SSSR count). The predicted molar refractivity (Wildman–Crippen MR) is 117 cm³/mol. The van der Waals surface area contributed by atoms with Crippen molar-refractivity contribution in [1.29, 1.82) is 0 Å². The molecule has 1 atom stereocenters. The summed E-state index contributed by atoms with van der Waals surface area (Å²) in [5.41, 5.74) is 2.01. The number of esters is 1. The Balaban J connectivity index is 1.83. The van der Waals surface area contributed by atoms with E-state index in [0.29, 0.717) is 29.4 Å². The number of hydrogen-bond donors (Lipinski definition) is 0. The normalized spacial score (nSPS) is 12.0. The van der Waals surface area contributed by atoms with Crippen molar-refractivity contribution in [2.75, 3.05) is 0 Å². The number of carbonyl (C=O) groups is 1. The molecular weight excluding hydrogens is 384 g/mol. The van der Waals surface area contributed by atoms with Gasteiger partial charge in [-0.05, 0) is 29.2 Å². The van der Waals surface area contributed by atoms with Crippen molar-refractivity contribution in [2.45, 2.75) is 32.6 Å². The molecule has 1 heterocycles. The van der Waals surface area contributed by atoms with Crippen molar-refractivity contribution in [3.8, 4) is 5.75 Å². The third-order valence-corrected chi connectivity index (χ3v) is 4.98. The molecule has 2 aromatic carbocycles. The molecule has 150 valence electrons. The fraction of sp³-hybridized carbons (Fsp3) is 0.240. The van der Waals surface area contributed by atoms with Crippen LogP contribution in [0.3, 0.4) is 0 Å². The summed E-state index contributed by atoms with van der Waals surface area (Å²) in [6.45, 7) is 7.78. The molecule has 0 saturated carbocycles. The van der Waals surface area contributed by atoms with Gasteiger partial charge in [0.1, 0.15) is 5.76 Å². The van der Waals surface area contributed by atoms with E-state index in [-0.39, 0.29) is 11.9 Å².